The van der Waals surface area contributed by atoms with Crippen molar-refractivity contribution in [2.24, 2.45) is 11.7 Å². The van der Waals surface area contributed by atoms with Gasteiger partial charge in [0, 0.05) is 6.04 Å². The van der Waals surface area contributed by atoms with Crippen molar-refractivity contribution in [3.05, 3.63) is 0 Å². The first-order valence-electron chi connectivity index (χ1n) is 4.71. The van der Waals surface area contributed by atoms with E-state index in [4.69, 9.17) is 10.5 Å². The molecule has 0 spiro atoms. The first kappa shape index (κ1) is 10.4. The Labute approximate surface area is 77.4 Å². The van der Waals surface area contributed by atoms with Crippen LogP contribution >= 0.6 is 0 Å². The van der Waals surface area contributed by atoms with Crippen molar-refractivity contribution in [1.29, 1.82) is 0 Å². The third kappa shape index (κ3) is 2.66. The molecule has 2 N–H and O–H groups in total. The molecule has 4 heteroatoms. The molecule has 0 amide bonds. The van der Waals surface area contributed by atoms with Crippen LogP contribution in [0.5, 0.6) is 0 Å². The van der Waals surface area contributed by atoms with Crippen molar-refractivity contribution in [3.8, 4) is 0 Å². The molecule has 76 valence electrons. The van der Waals surface area contributed by atoms with Crippen molar-refractivity contribution in [2.45, 2.75) is 38.4 Å². The molecule has 0 aromatic heterocycles. The molecular formula is C9H16FNO2. The van der Waals surface area contributed by atoms with Gasteiger partial charge < -0.3 is 10.5 Å². The molecule has 0 radical (unpaired) electrons. The van der Waals surface area contributed by atoms with Gasteiger partial charge in [-0.15, -0.1) is 0 Å². The second-order valence-corrected chi connectivity index (χ2v) is 3.44. The van der Waals surface area contributed by atoms with Gasteiger partial charge in [0.05, 0.1) is 12.5 Å². The molecule has 0 saturated heterocycles. The fourth-order valence-corrected chi connectivity index (χ4v) is 1.61. The maximum absolute atomic E-state index is 13.1. The molecule has 13 heavy (non-hydrogen) atoms. The lowest BCUT2D eigenvalue weighted by Crippen LogP contribution is -2.40. The smallest absolute Gasteiger partial charge is 0.309 e. The van der Waals surface area contributed by atoms with Crippen molar-refractivity contribution < 1.29 is 13.9 Å². The van der Waals surface area contributed by atoms with E-state index in [0.29, 0.717) is 19.4 Å². The Morgan fingerprint density at radius 3 is 2.85 bits per heavy atom. The summed E-state index contributed by atoms with van der Waals surface area (Å²) in [7, 11) is 0. The third-order valence-electron chi connectivity index (χ3n) is 2.44. The van der Waals surface area contributed by atoms with E-state index < -0.39 is 12.2 Å². The quantitative estimate of drug-likeness (QED) is 0.660. The van der Waals surface area contributed by atoms with E-state index in [2.05, 4.69) is 0 Å². The molecule has 0 aliphatic heterocycles. The van der Waals surface area contributed by atoms with Crippen molar-refractivity contribution in [1.82, 2.24) is 0 Å². The number of rotatable bonds is 2. The second kappa shape index (κ2) is 4.56. The van der Waals surface area contributed by atoms with Crippen LogP contribution in [0, 0.1) is 5.92 Å². The van der Waals surface area contributed by atoms with Crippen LogP contribution in [0.1, 0.15) is 26.2 Å². The Bertz CT molecular complexity index is 186. The van der Waals surface area contributed by atoms with Crippen molar-refractivity contribution >= 4 is 5.97 Å². The highest BCUT2D eigenvalue weighted by molar-refractivity contribution is 5.72. The number of carbonyl (C=O) groups is 1. The fourth-order valence-electron chi connectivity index (χ4n) is 1.61. The number of ether oxygens (including phenoxy) is 1. The molecule has 1 aliphatic rings. The van der Waals surface area contributed by atoms with E-state index in [9.17, 15) is 9.18 Å². The first-order valence-corrected chi connectivity index (χ1v) is 4.71. The van der Waals surface area contributed by atoms with Crippen molar-refractivity contribution in [3.63, 3.8) is 0 Å². The Morgan fingerprint density at radius 1 is 1.62 bits per heavy atom. The number of hydrogen-bond donors (Lipinski definition) is 1. The maximum atomic E-state index is 13.1. The zero-order chi connectivity index (χ0) is 9.84. The summed E-state index contributed by atoms with van der Waals surface area (Å²) in [5, 5.41) is 0. The summed E-state index contributed by atoms with van der Waals surface area (Å²) in [4.78, 5) is 11.2. The lowest BCUT2D eigenvalue weighted by molar-refractivity contribution is -0.150. The average Bonchev–Trinajstić information content (AvgIpc) is 2.10. The van der Waals surface area contributed by atoms with Crippen LogP contribution in [-0.4, -0.2) is 24.8 Å². The van der Waals surface area contributed by atoms with Gasteiger partial charge in [-0.1, -0.05) is 0 Å². The van der Waals surface area contributed by atoms with Crippen LogP contribution < -0.4 is 5.73 Å². The molecular weight excluding hydrogens is 173 g/mol. The van der Waals surface area contributed by atoms with Crippen LogP contribution in [0.25, 0.3) is 0 Å². The summed E-state index contributed by atoms with van der Waals surface area (Å²) < 4.78 is 17.9. The predicted octanol–water partition coefficient (Wildman–Crippen LogP) is 1.01. The minimum Gasteiger partial charge on any atom is -0.466 e. The van der Waals surface area contributed by atoms with Gasteiger partial charge in [0.25, 0.3) is 0 Å². The number of esters is 1. The Hall–Kier alpha value is -0.640. The van der Waals surface area contributed by atoms with Crippen LogP contribution in [0.3, 0.4) is 0 Å². The molecule has 0 aromatic rings. The normalized spacial score (nSPS) is 34.2. The molecule has 1 saturated carbocycles. The first-order chi connectivity index (χ1) is 6.15. The van der Waals surface area contributed by atoms with Gasteiger partial charge in [-0.2, -0.15) is 0 Å². The van der Waals surface area contributed by atoms with Gasteiger partial charge in [-0.25, -0.2) is 4.39 Å². The second-order valence-electron chi connectivity index (χ2n) is 3.44. The molecule has 0 heterocycles. The van der Waals surface area contributed by atoms with E-state index in [1.165, 1.54) is 0 Å². The Morgan fingerprint density at radius 2 is 2.31 bits per heavy atom. The fraction of sp³-hybridized carbons (Fsp3) is 0.889. The zero-order valence-electron chi connectivity index (χ0n) is 7.83. The predicted molar refractivity (Wildman–Crippen MR) is 46.8 cm³/mol. The van der Waals surface area contributed by atoms with Crippen molar-refractivity contribution in [2.75, 3.05) is 6.61 Å². The van der Waals surface area contributed by atoms with E-state index in [0.717, 1.165) is 0 Å². The SMILES string of the molecule is CCOC(=O)[C@@H]1CC[C@@H](N)[C@@H](F)C1. The van der Waals surface area contributed by atoms with Gasteiger partial charge in [-0.3, -0.25) is 4.79 Å². The molecule has 0 bridgehead atoms. The highest BCUT2D eigenvalue weighted by atomic mass is 19.1. The minimum absolute atomic E-state index is 0.222. The standard InChI is InChI=1S/C9H16FNO2/c1-2-13-9(12)6-3-4-8(11)7(10)5-6/h6-8H,2-5,11H2,1H3/t6-,7+,8-/m1/s1. The van der Waals surface area contributed by atoms with Crippen LogP contribution in [0.2, 0.25) is 0 Å². The largest absolute Gasteiger partial charge is 0.466 e. The summed E-state index contributed by atoms with van der Waals surface area (Å²) in [5.74, 6) is -0.563. The number of hydrogen-bond acceptors (Lipinski definition) is 3. The van der Waals surface area contributed by atoms with Gasteiger partial charge in [-0.05, 0) is 26.2 Å². The number of nitrogens with two attached hydrogens (primary N) is 1. The summed E-state index contributed by atoms with van der Waals surface area (Å²) in [6, 6.07) is -0.398. The summed E-state index contributed by atoms with van der Waals surface area (Å²) >= 11 is 0. The van der Waals surface area contributed by atoms with Gasteiger partial charge in [0.15, 0.2) is 0 Å². The summed E-state index contributed by atoms with van der Waals surface area (Å²) in [6.45, 7) is 2.11. The van der Waals surface area contributed by atoms with Crippen LogP contribution in [-0.2, 0) is 9.53 Å². The number of halogens is 1. The van der Waals surface area contributed by atoms with E-state index in [1.807, 2.05) is 0 Å². The highest BCUT2D eigenvalue weighted by Crippen LogP contribution is 2.26. The molecule has 0 aromatic carbocycles. The monoisotopic (exact) mass is 189 g/mol. The lowest BCUT2D eigenvalue weighted by Gasteiger charge is -2.27. The van der Waals surface area contributed by atoms with Crippen LogP contribution in [0.15, 0.2) is 0 Å². The molecule has 1 aliphatic carbocycles. The third-order valence-corrected chi connectivity index (χ3v) is 2.44. The van der Waals surface area contributed by atoms with Gasteiger partial charge in [0.2, 0.25) is 0 Å². The molecule has 3 nitrogen and oxygen atoms in total. The van der Waals surface area contributed by atoms with E-state index >= 15 is 0 Å². The van der Waals surface area contributed by atoms with E-state index in [1.54, 1.807) is 6.92 Å². The number of alkyl halides is 1. The minimum atomic E-state index is -1.05. The number of carbonyl (C=O) groups excluding carboxylic acids is 1. The Kier molecular flexibility index (Phi) is 3.66. The lowest BCUT2D eigenvalue weighted by atomic mass is 9.85. The highest BCUT2D eigenvalue weighted by Gasteiger charge is 2.32. The average molecular weight is 189 g/mol. The molecule has 3 atom stereocenters. The van der Waals surface area contributed by atoms with Gasteiger partial charge in [0.1, 0.15) is 6.17 Å². The molecule has 1 rings (SSSR count). The zero-order valence-corrected chi connectivity index (χ0v) is 7.83. The maximum Gasteiger partial charge on any atom is 0.309 e. The molecule has 0 unspecified atom stereocenters. The van der Waals surface area contributed by atoms with Gasteiger partial charge >= 0.3 is 5.97 Å². The molecule has 1 fully saturated rings. The Balaban J connectivity index is 2.40. The topological polar surface area (TPSA) is 52.3 Å². The summed E-state index contributed by atoms with van der Waals surface area (Å²) in [5.41, 5.74) is 5.49. The summed E-state index contributed by atoms with van der Waals surface area (Å²) in [6.07, 6.45) is 0.397. The van der Waals surface area contributed by atoms with Crippen LogP contribution in [0.4, 0.5) is 4.39 Å². The van der Waals surface area contributed by atoms with E-state index in [-0.39, 0.29) is 18.3 Å².